The summed E-state index contributed by atoms with van der Waals surface area (Å²) in [6, 6.07) is 21.1. The van der Waals surface area contributed by atoms with E-state index in [2.05, 4.69) is 48.5 Å². The van der Waals surface area contributed by atoms with E-state index in [0.29, 0.717) is 5.92 Å². The van der Waals surface area contributed by atoms with Crippen molar-refractivity contribution in [2.75, 3.05) is 12.3 Å². The number of rotatable bonds is 8. The molecular formula is C19H21NOS. The van der Waals surface area contributed by atoms with Crippen LogP contribution in [0.5, 0.6) is 0 Å². The van der Waals surface area contributed by atoms with Crippen molar-refractivity contribution in [2.24, 2.45) is 5.92 Å². The van der Waals surface area contributed by atoms with Gasteiger partial charge in [-0.3, -0.25) is 4.79 Å². The Labute approximate surface area is 136 Å². The normalized spacial score (nSPS) is 15.3. The number of nitrogens with zero attached hydrogens (tertiary/aromatic N) is 1. The molecule has 3 rings (SSSR count). The molecule has 0 bridgehead atoms. The Hall–Kier alpha value is -1.74. The van der Waals surface area contributed by atoms with Crippen molar-refractivity contribution in [3.8, 4) is 0 Å². The van der Waals surface area contributed by atoms with Gasteiger partial charge in [0.25, 0.3) is 0 Å². The maximum Gasteiger partial charge on any atom is 0.210 e. The van der Waals surface area contributed by atoms with Crippen LogP contribution in [0.4, 0.5) is 0 Å². The number of carbonyl (C=O) groups is 1. The van der Waals surface area contributed by atoms with Crippen molar-refractivity contribution >= 4 is 18.2 Å². The number of benzene rings is 2. The smallest absolute Gasteiger partial charge is 0.210 e. The lowest BCUT2D eigenvalue weighted by atomic mass is 10.0. The molecule has 1 unspecified atom stereocenters. The Morgan fingerprint density at radius 1 is 1.05 bits per heavy atom. The van der Waals surface area contributed by atoms with E-state index in [0.717, 1.165) is 18.7 Å². The second-order valence-electron chi connectivity index (χ2n) is 5.70. The van der Waals surface area contributed by atoms with Gasteiger partial charge in [-0.1, -0.05) is 48.5 Å². The monoisotopic (exact) mass is 311 g/mol. The Morgan fingerprint density at radius 2 is 1.68 bits per heavy atom. The lowest BCUT2D eigenvalue weighted by molar-refractivity contribution is -0.120. The average Bonchev–Trinajstić information content (AvgIpc) is 3.40. The quantitative estimate of drug-likeness (QED) is 0.532. The number of hydrogen-bond acceptors (Lipinski definition) is 2. The molecule has 3 heteroatoms. The summed E-state index contributed by atoms with van der Waals surface area (Å²) >= 11 is 1.81. The lowest BCUT2D eigenvalue weighted by Crippen LogP contribution is -2.31. The molecule has 1 saturated carbocycles. The van der Waals surface area contributed by atoms with Crippen LogP contribution in [-0.2, 0) is 4.79 Å². The van der Waals surface area contributed by atoms with E-state index in [1.54, 1.807) is 0 Å². The van der Waals surface area contributed by atoms with E-state index >= 15 is 0 Å². The molecule has 0 saturated heterocycles. The maximum atomic E-state index is 11.6. The highest BCUT2D eigenvalue weighted by molar-refractivity contribution is 7.99. The molecule has 1 amide bonds. The largest absolute Gasteiger partial charge is 0.337 e. The Morgan fingerprint density at radius 3 is 2.27 bits per heavy atom. The lowest BCUT2D eigenvalue weighted by Gasteiger charge is -2.29. The zero-order chi connectivity index (χ0) is 15.2. The van der Waals surface area contributed by atoms with Gasteiger partial charge in [0.2, 0.25) is 6.41 Å². The highest BCUT2D eigenvalue weighted by atomic mass is 32.2. The predicted octanol–water partition coefficient (Wildman–Crippen LogP) is 4.39. The van der Waals surface area contributed by atoms with E-state index < -0.39 is 0 Å². The van der Waals surface area contributed by atoms with Gasteiger partial charge < -0.3 is 4.90 Å². The van der Waals surface area contributed by atoms with Gasteiger partial charge in [0.15, 0.2) is 0 Å². The molecule has 1 aliphatic carbocycles. The summed E-state index contributed by atoms with van der Waals surface area (Å²) in [5, 5.41) is 0. The van der Waals surface area contributed by atoms with Crippen LogP contribution >= 0.6 is 11.8 Å². The van der Waals surface area contributed by atoms with Crippen LogP contribution in [0.1, 0.15) is 24.4 Å². The van der Waals surface area contributed by atoms with Crippen molar-refractivity contribution in [3.05, 3.63) is 66.2 Å². The minimum atomic E-state index is 0.245. The molecule has 0 heterocycles. The van der Waals surface area contributed by atoms with Gasteiger partial charge in [-0.25, -0.2) is 0 Å². The van der Waals surface area contributed by atoms with E-state index in [4.69, 9.17) is 0 Å². The first kappa shape index (κ1) is 15.2. The number of thioether (sulfide) groups is 1. The summed E-state index contributed by atoms with van der Waals surface area (Å²) < 4.78 is 0. The van der Waals surface area contributed by atoms with Crippen LogP contribution in [0, 0.1) is 5.92 Å². The zero-order valence-electron chi connectivity index (χ0n) is 12.6. The summed E-state index contributed by atoms with van der Waals surface area (Å²) in [4.78, 5) is 14.9. The number of carbonyl (C=O) groups excluding carboxylic acids is 1. The van der Waals surface area contributed by atoms with Gasteiger partial charge >= 0.3 is 0 Å². The molecule has 1 fully saturated rings. The Kier molecular flexibility index (Phi) is 5.17. The van der Waals surface area contributed by atoms with Crippen molar-refractivity contribution in [3.63, 3.8) is 0 Å². The van der Waals surface area contributed by atoms with E-state index in [1.807, 2.05) is 28.8 Å². The summed E-state index contributed by atoms with van der Waals surface area (Å²) in [6.07, 6.45) is 3.49. The molecule has 2 aromatic rings. The van der Waals surface area contributed by atoms with Gasteiger partial charge in [0.1, 0.15) is 0 Å². The van der Waals surface area contributed by atoms with Crippen molar-refractivity contribution < 1.29 is 4.79 Å². The van der Waals surface area contributed by atoms with Crippen LogP contribution in [0.2, 0.25) is 0 Å². The third-order valence-electron chi connectivity index (χ3n) is 4.06. The van der Waals surface area contributed by atoms with Gasteiger partial charge in [-0.15, -0.1) is 11.8 Å². The zero-order valence-corrected chi connectivity index (χ0v) is 13.4. The maximum absolute atomic E-state index is 11.6. The molecule has 0 radical (unpaired) electrons. The number of amides is 1. The Bertz CT molecular complexity index is 583. The summed E-state index contributed by atoms with van der Waals surface area (Å²) in [5.41, 5.74) is 1.27. The minimum Gasteiger partial charge on any atom is -0.337 e. The van der Waals surface area contributed by atoms with Gasteiger partial charge in [-0.05, 0) is 36.5 Å². The molecule has 2 nitrogen and oxygen atoms in total. The fourth-order valence-electron chi connectivity index (χ4n) is 2.84. The predicted molar refractivity (Wildman–Crippen MR) is 91.8 cm³/mol. The van der Waals surface area contributed by atoms with Gasteiger partial charge in [-0.2, -0.15) is 0 Å². The van der Waals surface area contributed by atoms with Crippen molar-refractivity contribution in [1.29, 1.82) is 0 Å². The summed E-state index contributed by atoms with van der Waals surface area (Å²) in [7, 11) is 0. The molecule has 0 N–H and O–H groups in total. The summed E-state index contributed by atoms with van der Waals surface area (Å²) in [5.74, 6) is 1.56. The summed E-state index contributed by atoms with van der Waals surface area (Å²) in [6.45, 7) is 0.791. The fraction of sp³-hybridized carbons (Fsp3) is 0.316. The SMILES string of the molecule is O=CN(CCSc1ccccc1)C(c1ccccc1)C1CC1. The van der Waals surface area contributed by atoms with Crippen molar-refractivity contribution in [2.45, 2.75) is 23.8 Å². The first-order valence-corrected chi connectivity index (χ1v) is 8.81. The van der Waals surface area contributed by atoms with Crippen LogP contribution in [0.25, 0.3) is 0 Å². The molecule has 0 spiro atoms. The third kappa shape index (κ3) is 3.92. The van der Waals surface area contributed by atoms with Crippen LogP contribution in [-0.4, -0.2) is 23.6 Å². The first-order chi connectivity index (χ1) is 10.9. The molecule has 22 heavy (non-hydrogen) atoms. The van der Waals surface area contributed by atoms with Crippen molar-refractivity contribution in [1.82, 2.24) is 4.90 Å². The highest BCUT2D eigenvalue weighted by Gasteiger charge is 2.35. The molecular weight excluding hydrogens is 290 g/mol. The van der Waals surface area contributed by atoms with E-state index in [1.165, 1.54) is 23.3 Å². The third-order valence-corrected chi connectivity index (χ3v) is 5.06. The van der Waals surface area contributed by atoms with Crippen LogP contribution in [0.3, 0.4) is 0 Å². The standard InChI is InChI=1S/C19H21NOS/c21-15-20(13-14-22-18-9-5-2-6-10-18)19(17-11-12-17)16-7-3-1-4-8-16/h1-10,15,17,19H,11-14H2. The first-order valence-electron chi connectivity index (χ1n) is 7.82. The minimum absolute atomic E-state index is 0.245. The molecule has 1 atom stereocenters. The van der Waals surface area contributed by atoms with Gasteiger partial charge in [0.05, 0.1) is 6.04 Å². The van der Waals surface area contributed by atoms with Crippen LogP contribution < -0.4 is 0 Å². The fourth-order valence-corrected chi connectivity index (χ4v) is 3.73. The van der Waals surface area contributed by atoms with E-state index in [9.17, 15) is 4.79 Å². The molecule has 2 aromatic carbocycles. The number of hydrogen-bond donors (Lipinski definition) is 0. The van der Waals surface area contributed by atoms with E-state index in [-0.39, 0.29) is 6.04 Å². The van der Waals surface area contributed by atoms with Gasteiger partial charge in [0, 0.05) is 17.2 Å². The average molecular weight is 311 g/mol. The molecule has 114 valence electrons. The molecule has 1 aliphatic rings. The molecule has 0 aromatic heterocycles. The van der Waals surface area contributed by atoms with Crippen LogP contribution in [0.15, 0.2) is 65.6 Å². The highest BCUT2D eigenvalue weighted by Crippen LogP contribution is 2.44. The topological polar surface area (TPSA) is 20.3 Å². The molecule has 0 aliphatic heterocycles. The second kappa shape index (κ2) is 7.50. The Balaban J connectivity index is 1.63. The second-order valence-corrected chi connectivity index (χ2v) is 6.87.